The highest BCUT2D eigenvalue weighted by molar-refractivity contribution is 5.26. The van der Waals surface area contributed by atoms with Crippen LogP contribution in [0.3, 0.4) is 0 Å². The molecule has 2 rings (SSSR count). The van der Waals surface area contributed by atoms with Crippen LogP contribution < -0.4 is 11.5 Å². The van der Waals surface area contributed by atoms with Gasteiger partial charge in [0.15, 0.2) is 0 Å². The first-order valence-electron chi connectivity index (χ1n) is 14.2. The SMILES string of the molecule is CCOC[C@]1(C)OC(C)(CO)[C@](C)(COC[C@@]2(C)OC(C)(CO)[C@@](C)(COC)C(C)(O)C2(C)N)C(C)(O)C1(C)N. The van der Waals surface area contributed by atoms with Crippen molar-refractivity contribution in [3.63, 3.8) is 0 Å². The number of rotatable bonds is 11. The van der Waals surface area contributed by atoms with Crippen molar-refractivity contribution in [3.8, 4) is 0 Å². The lowest BCUT2D eigenvalue weighted by atomic mass is 9.51. The predicted octanol–water partition coefficient (Wildman–Crippen LogP) is 0.715. The van der Waals surface area contributed by atoms with Gasteiger partial charge in [0.1, 0.15) is 11.2 Å². The van der Waals surface area contributed by atoms with Gasteiger partial charge in [0.25, 0.3) is 0 Å². The average molecular weight is 579 g/mol. The van der Waals surface area contributed by atoms with Gasteiger partial charge < -0.3 is 55.6 Å². The van der Waals surface area contributed by atoms with Crippen LogP contribution in [0.4, 0.5) is 0 Å². The number of ether oxygens (including phenoxy) is 5. The van der Waals surface area contributed by atoms with Crippen LogP contribution in [-0.2, 0) is 23.7 Å². The molecule has 238 valence electrons. The summed E-state index contributed by atoms with van der Waals surface area (Å²) in [4.78, 5) is 0. The Morgan fingerprint density at radius 3 is 1.25 bits per heavy atom. The average Bonchev–Trinajstić information content (AvgIpc) is 2.85. The minimum Gasteiger partial charge on any atom is -0.393 e. The summed E-state index contributed by atoms with van der Waals surface area (Å²) in [6.07, 6.45) is 0. The summed E-state index contributed by atoms with van der Waals surface area (Å²) in [5.74, 6) is 0. The first-order chi connectivity index (χ1) is 17.9. The van der Waals surface area contributed by atoms with Gasteiger partial charge in [0.05, 0.1) is 84.0 Å². The fraction of sp³-hybridized carbons (Fsp3) is 1.00. The molecule has 0 aliphatic carbocycles. The quantitative estimate of drug-likeness (QED) is 0.203. The molecular formula is C29H58N2O9. The van der Waals surface area contributed by atoms with Crippen LogP contribution >= 0.6 is 0 Å². The zero-order valence-corrected chi connectivity index (χ0v) is 26.9. The highest BCUT2D eigenvalue weighted by Crippen LogP contribution is 2.59. The minimum absolute atomic E-state index is 0.0868. The lowest BCUT2D eigenvalue weighted by Gasteiger charge is -2.69. The van der Waals surface area contributed by atoms with Gasteiger partial charge in [-0.1, -0.05) is 13.8 Å². The Balaban J connectivity index is 2.50. The van der Waals surface area contributed by atoms with Gasteiger partial charge in [0, 0.05) is 13.7 Å². The molecule has 8 N–H and O–H groups in total. The zero-order chi connectivity index (χ0) is 31.5. The molecule has 2 aliphatic heterocycles. The molecule has 6 unspecified atom stereocenters. The number of nitrogens with two attached hydrogens (primary N) is 2. The molecule has 0 saturated carbocycles. The van der Waals surface area contributed by atoms with Crippen molar-refractivity contribution in [2.45, 2.75) is 121 Å². The molecule has 0 amide bonds. The molecule has 0 spiro atoms. The second-order valence-electron chi connectivity index (χ2n) is 14.2. The fourth-order valence-corrected chi connectivity index (χ4v) is 7.03. The molecule has 0 bridgehead atoms. The van der Waals surface area contributed by atoms with Gasteiger partial charge in [-0.05, 0) is 62.3 Å². The Labute approximate surface area is 240 Å². The smallest absolute Gasteiger partial charge is 0.110 e. The monoisotopic (exact) mass is 578 g/mol. The van der Waals surface area contributed by atoms with E-state index in [1.807, 2.05) is 6.92 Å². The number of hydrogen-bond donors (Lipinski definition) is 6. The largest absolute Gasteiger partial charge is 0.393 e. The fourth-order valence-electron chi connectivity index (χ4n) is 7.03. The molecule has 10 atom stereocenters. The molecule has 11 nitrogen and oxygen atoms in total. The van der Waals surface area contributed by atoms with Gasteiger partial charge in [-0.3, -0.25) is 0 Å². The maximum Gasteiger partial charge on any atom is 0.110 e. The van der Waals surface area contributed by atoms with Gasteiger partial charge in [-0.25, -0.2) is 0 Å². The van der Waals surface area contributed by atoms with Gasteiger partial charge in [-0.15, -0.1) is 0 Å². The van der Waals surface area contributed by atoms with E-state index in [1.54, 1.807) is 69.2 Å². The summed E-state index contributed by atoms with van der Waals surface area (Å²) >= 11 is 0. The van der Waals surface area contributed by atoms with Crippen molar-refractivity contribution in [2.75, 3.05) is 53.4 Å². The molecule has 2 fully saturated rings. The Bertz CT molecular complexity index is 914. The Kier molecular flexibility index (Phi) is 9.50. The highest BCUT2D eigenvalue weighted by Gasteiger charge is 2.75. The van der Waals surface area contributed by atoms with Crippen molar-refractivity contribution >= 4 is 0 Å². The summed E-state index contributed by atoms with van der Waals surface area (Å²) in [6.45, 7) is 18.6. The summed E-state index contributed by atoms with van der Waals surface area (Å²) < 4.78 is 30.6. The van der Waals surface area contributed by atoms with Gasteiger partial charge in [0.2, 0.25) is 0 Å². The molecule has 0 aromatic rings. The van der Waals surface area contributed by atoms with Crippen molar-refractivity contribution in [2.24, 2.45) is 22.3 Å². The molecule has 2 heterocycles. The third-order valence-electron chi connectivity index (χ3n) is 12.0. The number of hydrogen-bond acceptors (Lipinski definition) is 11. The number of methoxy groups -OCH3 is 1. The first-order valence-corrected chi connectivity index (χ1v) is 14.2. The van der Waals surface area contributed by atoms with Gasteiger partial charge in [-0.2, -0.15) is 0 Å². The Morgan fingerprint density at radius 2 is 0.925 bits per heavy atom. The number of aliphatic hydroxyl groups is 4. The van der Waals surface area contributed by atoms with Crippen LogP contribution in [-0.4, -0.2) is 118 Å². The standard InChI is InChI=1S/C29H58N2O9/c1-13-37-18-24(6)26(8,30)29(11,35)21(3,23(5,15-33)40-24)17-38-19-25(7)27(9,31)28(10,34)20(2,16-36-12)22(4,14-32)39-25/h32-35H,13-19,30-31H2,1-12H3/t20-,21+,22?,23?,24+,25-,26?,27?,28?,29?/m1/s1. The predicted molar refractivity (Wildman–Crippen MR) is 152 cm³/mol. The van der Waals surface area contributed by atoms with E-state index in [9.17, 15) is 20.4 Å². The molecule has 40 heavy (non-hydrogen) atoms. The van der Waals surface area contributed by atoms with E-state index in [-0.39, 0.29) is 26.4 Å². The third-order valence-corrected chi connectivity index (χ3v) is 12.0. The van der Waals surface area contributed by atoms with Crippen LogP contribution in [0.1, 0.15) is 76.2 Å². The van der Waals surface area contributed by atoms with Crippen molar-refractivity contribution in [1.29, 1.82) is 0 Å². The van der Waals surface area contributed by atoms with Crippen LogP contribution in [0.25, 0.3) is 0 Å². The van der Waals surface area contributed by atoms with E-state index < -0.39 is 68.7 Å². The summed E-state index contributed by atoms with van der Waals surface area (Å²) in [5.41, 5.74) is 0.548. The van der Waals surface area contributed by atoms with E-state index in [4.69, 9.17) is 35.2 Å². The van der Waals surface area contributed by atoms with E-state index in [2.05, 4.69) is 0 Å². The first kappa shape index (κ1) is 35.8. The maximum atomic E-state index is 12.2. The molecular weight excluding hydrogens is 520 g/mol. The summed E-state index contributed by atoms with van der Waals surface area (Å²) in [6, 6.07) is 0. The summed E-state index contributed by atoms with van der Waals surface area (Å²) in [5, 5.41) is 45.2. The summed E-state index contributed by atoms with van der Waals surface area (Å²) in [7, 11) is 1.52. The zero-order valence-electron chi connectivity index (χ0n) is 26.9. The molecule has 2 aliphatic rings. The van der Waals surface area contributed by atoms with E-state index in [0.29, 0.717) is 6.61 Å². The highest BCUT2D eigenvalue weighted by atomic mass is 16.6. The maximum absolute atomic E-state index is 12.2. The normalized spacial score (nSPS) is 53.5. The van der Waals surface area contributed by atoms with E-state index >= 15 is 0 Å². The van der Waals surface area contributed by atoms with Crippen LogP contribution in [0.5, 0.6) is 0 Å². The topological polar surface area (TPSA) is 179 Å². The molecule has 0 aromatic heterocycles. The molecule has 11 heteroatoms. The lowest BCUT2D eigenvalue weighted by Crippen LogP contribution is -2.86. The molecule has 0 radical (unpaired) electrons. The van der Waals surface area contributed by atoms with Crippen LogP contribution in [0.15, 0.2) is 0 Å². The minimum atomic E-state index is -1.62. The Hall–Kier alpha value is -0.440. The Morgan fingerprint density at radius 1 is 0.575 bits per heavy atom. The van der Waals surface area contributed by atoms with E-state index in [0.717, 1.165) is 0 Å². The third kappa shape index (κ3) is 4.42. The van der Waals surface area contributed by atoms with Crippen molar-refractivity contribution in [1.82, 2.24) is 0 Å². The van der Waals surface area contributed by atoms with Crippen molar-refractivity contribution < 1.29 is 44.1 Å². The van der Waals surface area contributed by atoms with Gasteiger partial charge >= 0.3 is 0 Å². The molecule has 2 saturated heterocycles. The number of aliphatic hydroxyl groups excluding tert-OH is 2. The van der Waals surface area contributed by atoms with Crippen LogP contribution in [0, 0.1) is 10.8 Å². The second kappa shape index (κ2) is 10.6. The van der Waals surface area contributed by atoms with Crippen molar-refractivity contribution in [3.05, 3.63) is 0 Å². The molecule has 0 aromatic carbocycles. The van der Waals surface area contributed by atoms with Crippen LogP contribution in [0.2, 0.25) is 0 Å². The second-order valence-corrected chi connectivity index (χ2v) is 14.2. The lowest BCUT2D eigenvalue weighted by molar-refractivity contribution is -0.372. The van der Waals surface area contributed by atoms with E-state index in [1.165, 1.54) is 7.11 Å².